The third-order valence-corrected chi connectivity index (χ3v) is 3.08. The van der Waals surface area contributed by atoms with E-state index in [-0.39, 0.29) is 17.7 Å². The van der Waals surface area contributed by atoms with Crippen molar-refractivity contribution in [1.29, 1.82) is 0 Å². The van der Waals surface area contributed by atoms with Crippen molar-refractivity contribution < 1.29 is 9.59 Å². The van der Waals surface area contributed by atoms with Crippen LogP contribution in [0.3, 0.4) is 0 Å². The van der Waals surface area contributed by atoms with Crippen LogP contribution in [0.2, 0.25) is 0 Å². The summed E-state index contributed by atoms with van der Waals surface area (Å²) in [5.41, 5.74) is 7.05. The molecule has 1 unspecified atom stereocenters. The number of carbonyl (C=O) groups is 2. The molecule has 21 heavy (non-hydrogen) atoms. The highest BCUT2D eigenvalue weighted by Crippen LogP contribution is 2.18. The van der Waals surface area contributed by atoms with Gasteiger partial charge in [0.1, 0.15) is 0 Å². The van der Waals surface area contributed by atoms with E-state index in [4.69, 9.17) is 5.73 Å². The van der Waals surface area contributed by atoms with E-state index in [1.807, 2.05) is 0 Å². The zero-order chi connectivity index (χ0) is 15.8. The number of rotatable bonds is 7. The van der Waals surface area contributed by atoms with Crippen LogP contribution in [0.25, 0.3) is 0 Å². The molecule has 1 atom stereocenters. The molecule has 0 heterocycles. The molecule has 1 aromatic rings. The molecule has 0 aliphatic heterocycles. The number of nitrogens with two attached hydrogens (primary N) is 1. The fourth-order valence-electron chi connectivity index (χ4n) is 2.28. The molecule has 0 bridgehead atoms. The molecule has 0 saturated carbocycles. The van der Waals surface area contributed by atoms with Gasteiger partial charge in [-0.2, -0.15) is 0 Å². The third-order valence-electron chi connectivity index (χ3n) is 3.08. The molecule has 1 rings (SSSR count). The minimum atomic E-state index is -0.140. The average molecular weight is 291 g/mol. The Bertz CT molecular complexity index is 486. The van der Waals surface area contributed by atoms with Crippen molar-refractivity contribution in [2.75, 3.05) is 17.2 Å². The highest BCUT2D eigenvalue weighted by Gasteiger charge is 2.14. The van der Waals surface area contributed by atoms with Crippen LogP contribution in [0.1, 0.15) is 33.6 Å². The molecule has 5 heteroatoms. The summed E-state index contributed by atoms with van der Waals surface area (Å²) in [5, 5.41) is 5.53. The summed E-state index contributed by atoms with van der Waals surface area (Å²) in [7, 11) is 0. The van der Waals surface area contributed by atoms with Crippen LogP contribution in [0.5, 0.6) is 0 Å². The van der Waals surface area contributed by atoms with Crippen LogP contribution in [-0.4, -0.2) is 18.4 Å². The number of benzene rings is 1. The summed E-state index contributed by atoms with van der Waals surface area (Å²) in [5.74, 6) is 0.530. The summed E-state index contributed by atoms with van der Waals surface area (Å²) >= 11 is 0. The first-order chi connectivity index (χ1) is 9.90. The summed E-state index contributed by atoms with van der Waals surface area (Å²) in [6.45, 7) is 6.20. The van der Waals surface area contributed by atoms with E-state index in [1.165, 1.54) is 6.92 Å². The van der Waals surface area contributed by atoms with Gasteiger partial charge in [0, 0.05) is 24.7 Å². The van der Waals surface area contributed by atoms with Gasteiger partial charge in [-0.1, -0.05) is 19.9 Å². The van der Waals surface area contributed by atoms with Gasteiger partial charge in [0.15, 0.2) is 0 Å². The highest BCUT2D eigenvalue weighted by molar-refractivity contribution is 5.93. The number of anilines is 2. The summed E-state index contributed by atoms with van der Waals surface area (Å²) in [6.07, 6.45) is 1.36. The fraction of sp³-hybridized carbons (Fsp3) is 0.500. The number of nitrogens with one attached hydrogen (secondary N) is 2. The Labute approximate surface area is 126 Å². The first-order valence-electron chi connectivity index (χ1n) is 7.28. The molecule has 1 aromatic carbocycles. The Hall–Kier alpha value is -1.88. The Kier molecular flexibility index (Phi) is 6.88. The zero-order valence-corrected chi connectivity index (χ0v) is 13.0. The van der Waals surface area contributed by atoms with Gasteiger partial charge in [0.2, 0.25) is 11.8 Å². The van der Waals surface area contributed by atoms with E-state index in [1.54, 1.807) is 24.3 Å². The molecule has 0 fully saturated rings. The zero-order valence-electron chi connectivity index (χ0n) is 13.0. The molecule has 4 N–H and O–H groups in total. The minimum absolute atomic E-state index is 0.0499. The maximum Gasteiger partial charge on any atom is 0.224 e. The number of hydrogen-bond donors (Lipinski definition) is 3. The van der Waals surface area contributed by atoms with E-state index < -0.39 is 0 Å². The lowest BCUT2D eigenvalue weighted by Gasteiger charge is -2.16. The van der Waals surface area contributed by atoms with Crippen molar-refractivity contribution >= 4 is 23.2 Å². The lowest BCUT2D eigenvalue weighted by molar-refractivity contribution is -0.117. The van der Waals surface area contributed by atoms with Crippen molar-refractivity contribution in [2.24, 2.45) is 17.6 Å². The van der Waals surface area contributed by atoms with E-state index in [0.29, 0.717) is 30.3 Å². The lowest BCUT2D eigenvalue weighted by atomic mass is 9.94. The third kappa shape index (κ3) is 6.90. The van der Waals surface area contributed by atoms with Crippen molar-refractivity contribution in [2.45, 2.75) is 33.6 Å². The Morgan fingerprint density at radius 3 is 2.33 bits per heavy atom. The molecule has 0 aliphatic rings. The predicted molar refractivity (Wildman–Crippen MR) is 86.0 cm³/mol. The highest BCUT2D eigenvalue weighted by atomic mass is 16.2. The second kappa shape index (κ2) is 8.42. The molecule has 0 radical (unpaired) electrons. The smallest absolute Gasteiger partial charge is 0.224 e. The van der Waals surface area contributed by atoms with Crippen LogP contribution in [0.15, 0.2) is 24.3 Å². The summed E-state index contributed by atoms with van der Waals surface area (Å²) < 4.78 is 0. The Morgan fingerprint density at radius 1 is 1.19 bits per heavy atom. The van der Waals surface area contributed by atoms with Gasteiger partial charge in [-0.15, -0.1) is 0 Å². The van der Waals surface area contributed by atoms with Gasteiger partial charge < -0.3 is 16.4 Å². The van der Waals surface area contributed by atoms with Crippen LogP contribution in [0, 0.1) is 11.8 Å². The van der Waals surface area contributed by atoms with Gasteiger partial charge in [0.25, 0.3) is 0 Å². The largest absolute Gasteiger partial charge is 0.330 e. The van der Waals surface area contributed by atoms with E-state index in [2.05, 4.69) is 24.5 Å². The maximum atomic E-state index is 12.0. The quantitative estimate of drug-likeness (QED) is 0.722. The standard InChI is InChI=1S/C16H25N3O2/c1-11(2)7-13(10-17)8-16(21)19-15-6-4-5-14(9-15)18-12(3)20/h4-6,9,11,13H,7-8,10,17H2,1-3H3,(H,18,20)(H,19,21). The van der Waals surface area contributed by atoms with Gasteiger partial charge in [-0.25, -0.2) is 0 Å². The van der Waals surface area contributed by atoms with Gasteiger partial charge in [-0.3, -0.25) is 9.59 Å². The molecule has 0 spiro atoms. The number of amides is 2. The normalized spacial score (nSPS) is 12.0. The molecule has 0 aliphatic carbocycles. The van der Waals surface area contributed by atoms with Crippen LogP contribution in [0.4, 0.5) is 11.4 Å². The Morgan fingerprint density at radius 2 is 1.81 bits per heavy atom. The van der Waals surface area contributed by atoms with E-state index >= 15 is 0 Å². The second-order valence-electron chi connectivity index (χ2n) is 5.75. The van der Waals surface area contributed by atoms with Gasteiger partial charge in [-0.05, 0) is 43.0 Å². The average Bonchev–Trinajstić information content (AvgIpc) is 2.36. The van der Waals surface area contributed by atoms with E-state index in [9.17, 15) is 9.59 Å². The first-order valence-corrected chi connectivity index (χ1v) is 7.28. The topological polar surface area (TPSA) is 84.2 Å². The van der Waals surface area contributed by atoms with Crippen molar-refractivity contribution in [3.8, 4) is 0 Å². The molecule has 5 nitrogen and oxygen atoms in total. The van der Waals surface area contributed by atoms with Crippen molar-refractivity contribution in [1.82, 2.24) is 0 Å². The molecular weight excluding hydrogens is 266 g/mol. The summed E-state index contributed by atoms with van der Waals surface area (Å²) in [4.78, 5) is 23.1. The maximum absolute atomic E-state index is 12.0. The lowest BCUT2D eigenvalue weighted by Crippen LogP contribution is -2.23. The Balaban J connectivity index is 2.59. The molecule has 116 valence electrons. The molecule has 2 amide bonds. The monoisotopic (exact) mass is 291 g/mol. The fourth-order valence-corrected chi connectivity index (χ4v) is 2.28. The van der Waals surface area contributed by atoms with E-state index in [0.717, 1.165) is 6.42 Å². The van der Waals surface area contributed by atoms with Crippen molar-refractivity contribution in [3.05, 3.63) is 24.3 Å². The SMILES string of the molecule is CC(=O)Nc1cccc(NC(=O)CC(CN)CC(C)C)c1. The molecule has 0 aromatic heterocycles. The van der Waals surface area contributed by atoms with Gasteiger partial charge in [0.05, 0.1) is 0 Å². The van der Waals surface area contributed by atoms with Crippen LogP contribution < -0.4 is 16.4 Å². The first kappa shape index (κ1) is 17.2. The number of carbonyl (C=O) groups excluding carboxylic acids is 2. The molecule has 0 saturated heterocycles. The van der Waals surface area contributed by atoms with Crippen LogP contribution >= 0.6 is 0 Å². The minimum Gasteiger partial charge on any atom is -0.330 e. The predicted octanol–water partition coefficient (Wildman–Crippen LogP) is 2.59. The second-order valence-corrected chi connectivity index (χ2v) is 5.75. The summed E-state index contributed by atoms with van der Waals surface area (Å²) in [6, 6.07) is 7.09. The van der Waals surface area contributed by atoms with Crippen LogP contribution in [-0.2, 0) is 9.59 Å². The van der Waals surface area contributed by atoms with Crippen molar-refractivity contribution in [3.63, 3.8) is 0 Å². The number of hydrogen-bond acceptors (Lipinski definition) is 3. The molecular formula is C16H25N3O2. The van der Waals surface area contributed by atoms with Gasteiger partial charge >= 0.3 is 0 Å².